The Balaban J connectivity index is 2.53. The quantitative estimate of drug-likeness (QED) is 0.757. The summed E-state index contributed by atoms with van der Waals surface area (Å²) >= 11 is 0. The highest BCUT2D eigenvalue weighted by molar-refractivity contribution is 5.22. The van der Waals surface area contributed by atoms with Gasteiger partial charge < -0.3 is 15.7 Å². The van der Waals surface area contributed by atoms with E-state index in [9.17, 15) is 5.11 Å². The average Bonchev–Trinajstić information content (AvgIpc) is 2.43. The molecule has 3 N–H and O–H groups in total. The summed E-state index contributed by atoms with van der Waals surface area (Å²) in [5.74, 6) is 0.713. The molecule has 108 valence electrons. The molecule has 1 aromatic carbocycles. The lowest BCUT2D eigenvalue weighted by molar-refractivity contribution is 0.0278. The number of benzene rings is 1. The molecule has 0 amide bonds. The Morgan fingerprint density at radius 3 is 2.37 bits per heavy atom. The maximum atomic E-state index is 10.7. The Morgan fingerprint density at radius 1 is 1.21 bits per heavy atom. The maximum Gasteiger partial charge on any atom is 0.103 e. The molecule has 0 aliphatic carbocycles. The lowest BCUT2D eigenvalue weighted by atomic mass is 9.90. The van der Waals surface area contributed by atoms with Gasteiger partial charge in [-0.2, -0.15) is 0 Å². The first-order valence-corrected chi connectivity index (χ1v) is 7.14. The van der Waals surface area contributed by atoms with Crippen LogP contribution >= 0.6 is 0 Å². The lowest BCUT2D eigenvalue weighted by Gasteiger charge is -2.29. The molecule has 0 spiro atoms. The molecular formula is C16H28N2O. The van der Waals surface area contributed by atoms with Gasteiger partial charge in [0.05, 0.1) is 0 Å². The molecule has 3 heteroatoms. The Morgan fingerprint density at radius 2 is 1.84 bits per heavy atom. The predicted molar refractivity (Wildman–Crippen MR) is 81.0 cm³/mol. The molecule has 19 heavy (non-hydrogen) atoms. The molecule has 0 aliphatic rings. The Hall–Kier alpha value is -0.900. The molecule has 0 heterocycles. The van der Waals surface area contributed by atoms with Crippen LogP contribution in [-0.4, -0.2) is 36.7 Å². The SMILES string of the molecule is CC(C)CCN(C)CCC(O)(CN)c1ccccc1. The number of aliphatic hydroxyl groups is 1. The van der Waals surface area contributed by atoms with Crippen molar-refractivity contribution in [1.29, 1.82) is 0 Å². The van der Waals surface area contributed by atoms with E-state index in [0.29, 0.717) is 12.3 Å². The van der Waals surface area contributed by atoms with Crippen LogP contribution in [0.4, 0.5) is 0 Å². The Kier molecular flexibility index (Phi) is 6.49. The van der Waals surface area contributed by atoms with Crippen LogP contribution in [-0.2, 0) is 5.60 Å². The van der Waals surface area contributed by atoms with Crippen molar-refractivity contribution in [3.8, 4) is 0 Å². The van der Waals surface area contributed by atoms with Crippen molar-refractivity contribution < 1.29 is 5.11 Å². The van der Waals surface area contributed by atoms with E-state index >= 15 is 0 Å². The highest BCUT2D eigenvalue weighted by Crippen LogP contribution is 2.23. The topological polar surface area (TPSA) is 49.5 Å². The normalized spacial score (nSPS) is 14.9. The molecule has 0 saturated carbocycles. The van der Waals surface area contributed by atoms with Gasteiger partial charge in [0.1, 0.15) is 5.60 Å². The molecule has 0 fully saturated rings. The third-order valence-electron chi connectivity index (χ3n) is 3.64. The van der Waals surface area contributed by atoms with Gasteiger partial charge in [0.2, 0.25) is 0 Å². The second kappa shape index (κ2) is 7.63. The van der Waals surface area contributed by atoms with Crippen LogP contribution in [0.5, 0.6) is 0 Å². The highest BCUT2D eigenvalue weighted by atomic mass is 16.3. The molecule has 1 unspecified atom stereocenters. The molecule has 0 radical (unpaired) electrons. The minimum absolute atomic E-state index is 0.259. The van der Waals surface area contributed by atoms with E-state index in [1.165, 1.54) is 6.42 Å². The van der Waals surface area contributed by atoms with E-state index < -0.39 is 5.60 Å². The standard InChI is InChI=1S/C16H28N2O/c1-14(2)9-11-18(3)12-10-16(19,13-17)15-7-5-4-6-8-15/h4-8,14,19H,9-13,17H2,1-3H3. The third kappa shape index (κ3) is 5.31. The van der Waals surface area contributed by atoms with Gasteiger partial charge >= 0.3 is 0 Å². The van der Waals surface area contributed by atoms with E-state index in [-0.39, 0.29) is 6.54 Å². The molecule has 1 rings (SSSR count). The zero-order chi connectivity index (χ0) is 14.3. The van der Waals surface area contributed by atoms with Crippen molar-refractivity contribution in [2.75, 3.05) is 26.7 Å². The summed E-state index contributed by atoms with van der Waals surface area (Å²) in [4.78, 5) is 2.27. The second-order valence-electron chi connectivity index (χ2n) is 5.84. The van der Waals surface area contributed by atoms with Gasteiger partial charge in [-0.25, -0.2) is 0 Å². The molecule has 1 aromatic rings. The number of rotatable bonds is 8. The van der Waals surface area contributed by atoms with E-state index in [0.717, 1.165) is 18.7 Å². The highest BCUT2D eigenvalue weighted by Gasteiger charge is 2.27. The van der Waals surface area contributed by atoms with Crippen LogP contribution in [0.1, 0.15) is 32.3 Å². The summed E-state index contributed by atoms with van der Waals surface area (Å²) in [5.41, 5.74) is 5.78. The summed E-state index contributed by atoms with van der Waals surface area (Å²) in [7, 11) is 2.10. The zero-order valence-electron chi connectivity index (χ0n) is 12.5. The van der Waals surface area contributed by atoms with Crippen molar-refractivity contribution in [3.63, 3.8) is 0 Å². The van der Waals surface area contributed by atoms with Gasteiger partial charge in [-0.3, -0.25) is 0 Å². The van der Waals surface area contributed by atoms with Crippen molar-refractivity contribution in [2.24, 2.45) is 11.7 Å². The smallest absolute Gasteiger partial charge is 0.103 e. The van der Waals surface area contributed by atoms with Crippen LogP contribution in [0, 0.1) is 5.92 Å². The van der Waals surface area contributed by atoms with Gasteiger partial charge in [0, 0.05) is 13.1 Å². The van der Waals surface area contributed by atoms with Gasteiger partial charge in [0.25, 0.3) is 0 Å². The van der Waals surface area contributed by atoms with E-state index in [1.54, 1.807) is 0 Å². The van der Waals surface area contributed by atoms with Crippen molar-refractivity contribution in [1.82, 2.24) is 4.90 Å². The lowest BCUT2D eigenvalue weighted by Crippen LogP contribution is -2.38. The fraction of sp³-hybridized carbons (Fsp3) is 0.625. The Bertz CT molecular complexity index is 353. The largest absolute Gasteiger partial charge is 0.384 e. The van der Waals surface area contributed by atoms with Gasteiger partial charge in [-0.15, -0.1) is 0 Å². The number of hydrogen-bond donors (Lipinski definition) is 2. The van der Waals surface area contributed by atoms with Crippen LogP contribution < -0.4 is 5.73 Å². The minimum Gasteiger partial charge on any atom is -0.384 e. The number of nitrogens with two attached hydrogens (primary N) is 1. The first kappa shape index (κ1) is 16.2. The summed E-state index contributed by atoms with van der Waals surface area (Å²) in [5, 5.41) is 10.7. The van der Waals surface area contributed by atoms with Crippen LogP contribution in [0.3, 0.4) is 0 Å². The van der Waals surface area contributed by atoms with Crippen molar-refractivity contribution in [3.05, 3.63) is 35.9 Å². The van der Waals surface area contributed by atoms with Crippen molar-refractivity contribution in [2.45, 2.75) is 32.3 Å². The van der Waals surface area contributed by atoms with Crippen molar-refractivity contribution >= 4 is 0 Å². The Labute approximate surface area is 117 Å². The second-order valence-corrected chi connectivity index (χ2v) is 5.84. The minimum atomic E-state index is -0.909. The molecule has 0 bridgehead atoms. The van der Waals surface area contributed by atoms with E-state index in [4.69, 9.17) is 5.73 Å². The van der Waals surface area contributed by atoms with Crippen LogP contribution in [0.2, 0.25) is 0 Å². The van der Waals surface area contributed by atoms with Gasteiger partial charge in [-0.05, 0) is 37.9 Å². The molecule has 0 aromatic heterocycles. The summed E-state index contributed by atoms with van der Waals surface area (Å²) in [6.45, 7) is 6.64. The predicted octanol–water partition coefficient (Wildman–Crippen LogP) is 2.20. The summed E-state index contributed by atoms with van der Waals surface area (Å²) < 4.78 is 0. The van der Waals surface area contributed by atoms with Gasteiger partial charge in [0.15, 0.2) is 0 Å². The van der Waals surface area contributed by atoms with Gasteiger partial charge in [-0.1, -0.05) is 44.2 Å². The zero-order valence-corrected chi connectivity index (χ0v) is 12.5. The molecule has 3 nitrogen and oxygen atoms in total. The first-order chi connectivity index (χ1) is 8.98. The van der Waals surface area contributed by atoms with Crippen LogP contribution in [0.15, 0.2) is 30.3 Å². The maximum absolute atomic E-state index is 10.7. The van der Waals surface area contributed by atoms with E-state index in [1.807, 2.05) is 30.3 Å². The number of hydrogen-bond acceptors (Lipinski definition) is 3. The molecule has 0 saturated heterocycles. The first-order valence-electron chi connectivity index (χ1n) is 7.14. The van der Waals surface area contributed by atoms with Crippen LogP contribution in [0.25, 0.3) is 0 Å². The summed E-state index contributed by atoms with van der Waals surface area (Å²) in [6, 6.07) is 9.73. The van der Waals surface area contributed by atoms with E-state index in [2.05, 4.69) is 25.8 Å². The fourth-order valence-electron chi connectivity index (χ4n) is 2.08. The number of nitrogens with zero attached hydrogens (tertiary/aromatic N) is 1. The summed E-state index contributed by atoms with van der Waals surface area (Å²) in [6.07, 6.45) is 1.85. The average molecular weight is 264 g/mol. The fourth-order valence-corrected chi connectivity index (χ4v) is 2.08. The third-order valence-corrected chi connectivity index (χ3v) is 3.64. The molecular weight excluding hydrogens is 236 g/mol. The molecule has 0 aliphatic heterocycles. The molecule has 1 atom stereocenters. The monoisotopic (exact) mass is 264 g/mol.